The lowest BCUT2D eigenvalue weighted by Crippen LogP contribution is -2.01. The molecule has 0 amide bonds. The largest absolute Gasteiger partial charge is 0.493 e. The summed E-state index contributed by atoms with van der Waals surface area (Å²) < 4.78 is 10.8. The minimum atomic E-state index is -0.490. The molecule has 0 spiro atoms. The summed E-state index contributed by atoms with van der Waals surface area (Å²) in [6.07, 6.45) is 3.30. The van der Waals surface area contributed by atoms with Gasteiger partial charge in [0, 0.05) is 18.0 Å². The molecular formula is C14H13ClN2O4. The van der Waals surface area contributed by atoms with Crippen molar-refractivity contribution >= 4 is 17.3 Å². The Morgan fingerprint density at radius 2 is 2.00 bits per heavy atom. The highest BCUT2D eigenvalue weighted by Crippen LogP contribution is 2.35. The number of rotatable bonds is 6. The molecule has 0 N–H and O–H groups in total. The average Bonchev–Trinajstić information content (AvgIpc) is 2.52. The van der Waals surface area contributed by atoms with E-state index in [1.807, 2.05) is 0 Å². The molecule has 2 aromatic rings. The molecule has 110 valence electrons. The van der Waals surface area contributed by atoms with E-state index in [2.05, 4.69) is 4.98 Å². The fourth-order valence-electron chi connectivity index (χ4n) is 1.78. The summed E-state index contributed by atoms with van der Waals surface area (Å²) in [4.78, 5) is 14.5. The summed E-state index contributed by atoms with van der Waals surface area (Å²) in [5.74, 6) is 0.734. The van der Waals surface area contributed by atoms with E-state index in [1.165, 1.54) is 19.2 Å². The molecule has 7 heteroatoms. The van der Waals surface area contributed by atoms with E-state index >= 15 is 0 Å². The van der Waals surface area contributed by atoms with Crippen LogP contribution >= 0.6 is 11.6 Å². The van der Waals surface area contributed by atoms with Crippen LogP contribution in [0.5, 0.6) is 11.5 Å². The van der Waals surface area contributed by atoms with E-state index in [9.17, 15) is 10.1 Å². The van der Waals surface area contributed by atoms with Gasteiger partial charge in [-0.3, -0.25) is 15.1 Å². The Kier molecular flexibility index (Phi) is 4.94. The smallest absolute Gasteiger partial charge is 0.277 e. The number of hydrogen-bond donors (Lipinski definition) is 0. The van der Waals surface area contributed by atoms with Crippen LogP contribution in [-0.4, -0.2) is 17.0 Å². The average molecular weight is 309 g/mol. The number of nitro benzene ring substituents is 1. The normalized spacial score (nSPS) is 10.2. The molecule has 21 heavy (non-hydrogen) atoms. The summed E-state index contributed by atoms with van der Waals surface area (Å²) in [6.45, 7) is 0.260. The van der Waals surface area contributed by atoms with Gasteiger partial charge in [-0.05, 0) is 23.8 Å². The van der Waals surface area contributed by atoms with Gasteiger partial charge in [0.25, 0.3) is 5.69 Å². The molecule has 0 saturated heterocycles. The highest BCUT2D eigenvalue weighted by atomic mass is 35.5. The topological polar surface area (TPSA) is 74.5 Å². The van der Waals surface area contributed by atoms with Crippen LogP contribution in [0, 0.1) is 10.1 Å². The maximum Gasteiger partial charge on any atom is 0.277 e. The Bertz CT molecular complexity index is 634. The van der Waals surface area contributed by atoms with Gasteiger partial charge in [-0.1, -0.05) is 0 Å². The van der Waals surface area contributed by atoms with Crippen LogP contribution in [0.25, 0.3) is 0 Å². The molecule has 0 radical (unpaired) electrons. The second-order valence-corrected chi connectivity index (χ2v) is 4.43. The van der Waals surface area contributed by atoms with E-state index in [0.717, 1.165) is 5.56 Å². The van der Waals surface area contributed by atoms with Gasteiger partial charge in [0.05, 0.1) is 24.0 Å². The Balaban J connectivity index is 2.29. The molecule has 2 rings (SSSR count). The van der Waals surface area contributed by atoms with Crippen LogP contribution in [0.2, 0.25) is 0 Å². The van der Waals surface area contributed by atoms with Crippen molar-refractivity contribution in [2.75, 3.05) is 7.11 Å². The third-order valence-electron chi connectivity index (χ3n) is 2.85. The zero-order chi connectivity index (χ0) is 15.2. The lowest BCUT2D eigenvalue weighted by molar-refractivity contribution is -0.385. The Hall–Kier alpha value is -2.34. The molecule has 0 aliphatic rings. The van der Waals surface area contributed by atoms with E-state index < -0.39 is 4.92 Å². The lowest BCUT2D eigenvalue weighted by atomic mass is 10.2. The molecule has 0 unspecified atom stereocenters. The van der Waals surface area contributed by atoms with Gasteiger partial charge in [-0.2, -0.15) is 0 Å². The van der Waals surface area contributed by atoms with Crippen LogP contribution in [0.4, 0.5) is 5.69 Å². The molecule has 0 bridgehead atoms. The fraction of sp³-hybridized carbons (Fsp3) is 0.214. The number of halogens is 1. The third-order valence-corrected chi connectivity index (χ3v) is 3.14. The minimum Gasteiger partial charge on any atom is -0.493 e. The van der Waals surface area contributed by atoms with Crippen molar-refractivity contribution in [2.45, 2.75) is 12.5 Å². The summed E-state index contributed by atoms with van der Waals surface area (Å²) >= 11 is 5.72. The van der Waals surface area contributed by atoms with Gasteiger partial charge >= 0.3 is 0 Å². The van der Waals surface area contributed by atoms with E-state index in [4.69, 9.17) is 21.1 Å². The first-order valence-electron chi connectivity index (χ1n) is 6.08. The van der Waals surface area contributed by atoms with Crippen molar-refractivity contribution in [1.82, 2.24) is 4.98 Å². The SMILES string of the molecule is COc1cc(CCl)c([N+](=O)[O-])cc1OCc1ccncc1. The zero-order valence-corrected chi connectivity index (χ0v) is 12.0. The van der Waals surface area contributed by atoms with Crippen molar-refractivity contribution in [1.29, 1.82) is 0 Å². The second-order valence-electron chi connectivity index (χ2n) is 4.17. The molecule has 0 fully saturated rings. The number of nitrogens with zero attached hydrogens (tertiary/aromatic N) is 2. The number of nitro groups is 1. The number of pyridine rings is 1. The summed E-state index contributed by atoms with van der Waals surface area (Å²) in [6, 6.07) is 6.45. The van der Waals surface area contributed by atoms with Crippen molar-refractivity contribution in [3.63, 3.8) is 0 Å². The highest BCUT2D eigenvalue weighted by molar-refractivity contribution is 6.17. The fourth-order valence-corrected chi connectivity index (χ4v) is 1.99. The number of alkyl halides is 1. The zero-order valence-electron chi connectivity index (χ0n) is 11.3. The second kappa shape index (κ2) is 6.90. The molecule has 6 nitrogen and oxygen atoms in total. The van der Waals surface area contributed by atoms with Gasteiger partial charge in [-0.15, -0.1) is 11.6 Å². The van der Waals surface area contributed by atoms with Gasteiger partial charge in [0.1, 0.15) is 6.61 Å². The Labute approximate surface area is 126 Å². The van der Waals surface area contributed by atoms with Crippen molar-refractivity contribution in [3.05, 3.63) is 57.9 Å². The van der Waals surface area contributed by atoms with E-state index in [1.54, 1.807) is 24.5 Å². The maximum atomic E-state index is 11.0. The molecule has 0 atom stereocenters. The number of hydrogen-bond acceptors (Lipinski definition) is 5. The Morgan fingerprint density at radius 1 is 1.29 bits per heavy atom. The third kappa shape index (κ3) is 3.61. The summed E-state index contributed by atoms with van der Waals surface area (Å²) in [5, 5.41) is 11.0. The first-order chi connectivity index (χ1) is 10.2. The maximum absolute atomic E-state index is 11.0. The molecule has 0 aliphatic heterocycles. The number of methoxy groups -OCH3 is 1. The molecule has 1 heterocycles. The first kappa shape index (κ1) is 15.1. The van der Waals surface area contributed by atoms with Crippen LogP contribution in [-0.2, 0) is 12.5 Å². The Morgan fingerprint density at radius 3 is 2.57 bits per heavy atom. The number of aromatic nitrogens is 1. The van der Waals surface area contributed by atoms with E-state index in [-0.39, 0.29) is 18.2 Å². The predicted molar refractivity (Wildman–Crippen MR) is 77.8 cm³/mol. The van der Waals surface area contributed by atoms with Gasteiger partial charge < -0.3 is 9.47 Å². The van der Waals surface area contributed by atoms with E-state index in [0.29, 0.717) is 17.1 Å². The predicted octanol–water partition coefficient (Wildman–Crippen LogP) is 3.32. The lowest BCUT2D eigenvalue weighted by Gasteiger charge is -2.12. The molecule has 0 saturated carbocycles. The molecule has 1 aromatic heterocycles. The quantitative estimate of drug-likeness (QED) is 0.465. The number of ether oxygens (including phenoxy) is 2. The molecular weight excluding hydrogens is 296 g/mol. The summed E-state index contributed by atoms with van der Waals surface area (Å²) in [7, 11) is 1.47. The van der Waals surface area contributed by atoms with Crippen molar-refractivity contribution in [2.24, 2.45) is 0 Å². The van der Waals surface area contributed by atoms with Crippen LogP contribution < -0.4 is 9.47 Å². The molecule has 1 aromatic carbocycles. The molecule has 0 aliphatic carbocycles. The highest BCUT2D eigenvalue weighted by Gasteiger charge is 2.19. The monoisotopic (exact) mass is 308 g/mol. The van der Waals surface area contributed by atoms with Crippen molar-refractivity contribution < 1.29 is 14.4 Å². The minimum absolute atomic E-state index is 0.0251. The van der Waals surface area contributed by atoms with Crippen molar-refractivity contribution in [3.8, 4) is 11.5 Å². The first-order valence-corrected chi connectivity index (χ1v) is 6.62. The van der Waals surface area contributed by atoms with Gasteiger partial charge in [0.15, 0.2) is 11.5 Å². The van der Waals surface area contributed by atoms with Crippen LogP contribution in [0.15, 0.2) is 36.7 Å². The van der Waals surface area contributed by atoms with Crippen LogP contribution in [0.1, 0.15) is 11.1 Å². The summed E-state index contributed by atoms with van der Waals surface area (Å²) in [5.41, 5.74) is 1.20. The van der Waals surface area contributed by atoms with Gasteiger partial charge in [-0.25, -0.2) is 0 Å². The van der Waals surface area contributed by atoms with Gasteiger partial charge in [0.2, 0.25) is 0 Å². The standard InChI is InChI=1S/C14H13ClN2O4/c1-20-13-6-11(8-15)12(17(18)19)7-14(13)21-9-10-2-4-16-5-3-10/h2-7H,8-9H2,1H3. The van der Waals surface area contributed by atoms with Crippen LogP contribution in [0.3, 0.4) is 0 Å². The number of benzene rings is 1.